The highest BCUT2D eigenvalue weighted by Gasteiger charge is 2.49. The molecule has 0 aromatic heterocycles. The predicted molar refractivity (Wildman–Crippen MR) is 116 cm³/mol. The van der Waals surface area contributed by atoms with Gasteiger partial charge in [-0.1, -0.05) is 48.5 Å². The first-order valence-corrected chi connectivity index (χ1v) is 10.2. The van der Waals surface area contributed by atoms with Crippen molar-refractivity contribution in [3.8, 4) is 0 Å². The van der Waals surface area contributed by atoms with Crippen molar-refractivity contribution in [2.45, 2.75) is 64.1 Å². The zero-order valence-corrected chi connectivity index (χ0v) is 18.1. The SMILES string of the molecule is CC1(C)CC(OC(=O)Cc2ccccc2)CC(C)(C)N1OC(=O)Nc1ccccc1. The molecule has 6 heteroatoms. The monoisotopic (exact) mass is 410 g/mol. The van der Waals surface area contributed by atoms with E-state index in [1.54, 1.807) is 17.2 Å². The average molecular weight is 411 g/mol. The molecule has 1 heterocycles. The summed E-state index contributed by atoms with van der Waals surface area (Å²) in [5, 5.41) is 4.47. The topological polar surface area (TPSA) is 67.9 Å². The third kappa shape index (κ3) is 5.60. The van der Waals surface area contributed by atoms with Crippen molar-refractivity contribution in [2.24, 2.45) is 0 Å². The molecule has 0 radical (unpaired) electrons. The van der Waals surface area contributed by atoms with E-state index in [1.807, 2.05) is 76.2 Å². The molecule has 0 unspecified atom stereocenters. The van der Waals surface area contributed by atoms with Crippen LogP contribution in [0.5, 0.6) is 0 Å². The Bertz CT molecular complexity index is 847. The number of nitrogens with one attached hydrogen (secondary N) is 1. The van der Waals surface area contributed by atoms with Crippen molar-refractivity contribution < 1.29 is 19.2 Å². The minimum atomic E-state index is -0.540. The smallest absolute Gasteiger partial charge is 0.430 e. The first-order valence-electron chi connectivity index (χ1n) is 10.2. The molecule has 1 amide bonds. The van der Waals surface area contributed by atoms with E-state index >= 15 is 0 Å². The number of benzene rings is 2. The Hall–Kier alpha value is -2.86. The van der Waals surface area contributed by atoms with Gasteiger partial charge < -0.3 is 9.57 Å². The zero-order chi connectivity index (χ0) is 21.8. The van der Waals surface area contributed by atoms with E-state index in [0.717, 1.165) is 5.56 Å². The molecule has 0 saturated carbocycles. The lowest BCUT2D eigenvalue weighted by atomic mass is 9.80. The second kappa shape index (κ2) is 8.88. The summed E-state index contributed by atoms with van der Waals surface area (Å²) >= 11 is 0. The van der Waals surface area contributed by atoms with Gasteiger partial charge in [0.1, 0.15) is 6.10 Å². The van der Waals surface area contributed by atoms with Gasteiger partial charge in [-0.2, -0.15) is 0 Å². The maximum absolute atomic E-state index is 12.5. The molecule has 1 aliphatic heterocycles. The molecule has 30 heavy (non-hydrogen) atoms. The molecule has 1 N–H and O–H groups in total. The molecule has 3 rings (SSSR count). The Morgan fingerprint density at radius 2 is 1.47 bits per heavy atom. The summed E-state index contributed by atoms with van der Waals surface area (Å²) in [5.74, 6) is -0.242. The van der Waals surface area contributed by atoms with Crippen LogP contribution in [0.4, 0.5) is 10.5 Å². The van der Waals surface area contributed by atoms with Gasteiger partial charge in [0.2, 0.25) is 0 Å². The van der Waals surface area contributed by atoms with Crippen molar-refractivity contribution in [3.63, 3.8) is 0 Å². The lowest BCUT2D eigenvalue weighted by molar-refractivity contribution is -0.254. The molecule has 1 aliphatic rings. The highest BCUT2D eigenvalue weighted by atomic mass is 16.7. The fourth-order valence-electron chi connectivity index (χ4n) is 4.24. The van der Waals surface area contributed by atoms with Crippen LogP contribution in [0.1, 0.15) is 46.1 Å². The highest BCUT2D eigenvalue weighted by molar-refractivity contribution is 5.84. The first-order chi connectivity index (χ1) is 14.2. The molecule has 1 saturated heterocycles. The van der Waals surface area contributed by atoms with Crippen LogP contribution in [0, 0.1) is 0 Å². The number of ether oxygens (including phenoxy) is 1. The van der Waals surface area contributed by atoms with Crippen LogP contribution in [-0.4, -0.2) is 34.3 Å². The summed E-state index contributed by atoms with van der Waals surface area (Å²) in [4.78, 5) is 30.6. The van der Waals surface area contributed by atoms with Gasteiger partial charge in [-0.3, -0.25) is 10.1 Å². The molecule has 160 valence electrons. The van der Waals surface area contributed by atoms with Crippen molar-refractivity contribution in [1.29, 1.82) is 0 Å². The third-order valence-electron chi connectivity index (χ3n) is 5.24. The van der Waals surface area contributed by atoms with E-state index in [4.69, 9.17) is 9.57 Å². The minimum Gasteiger partial charge on any atom is -0.462 e. The number of hydrogen-bond acceptors (Lipinski definition) is 5. The van der Waals surface area contributed by atoms with E-state index in [1.165, 1.54) is 0 Å². The Kier molecular flexibility index (Phi) is 6.46. The fraction of sp³-hybridized carbons (Fsp3) is 0.417. The number of nitrogens with zero attached hydrogens (tertiary/aromatic N) is 1. The lowest BCUT2D eigenvalue weighted by Crippen LogP contribution is -2.62. The Morgan fingerprint density at radius 1 is 0.933 bits per heavy atom. The minimum absolute atomic E-state index is 0.242. The van der Waals surface area contributed by atoms with Crippen LogP contribution in [0.15, 0.2) is 60.7 Å². The number of carbonyl (C=O) groups excluding carboxylic acids is 2. The van der Waals surface area contributed by atoms with Crippen LogP contribution in [0.2, 0.25) is 0 Å². The number of hydrogen-bond donors (Lipinski definition) is 1. The summed E-state index contributed by atoms with van der Waals surface area (Å²) in [6.45, 7) is 7.95. The van der Waals surface area contributed by atoms with Crippen molar-refractivity contribution in [3.05, 3.63) is 66.2 Å². The summed E-state index contributed by atoms with van der Waals surface area (Å²) < 4.78 is 5.79. The molecule has 0 aliphatic carbocycles. The molecule has 0 spiro atoms. The molecule has 2 aromatic carbocycles. The van der Waals surface area contributed by atoms with Gasteiger partial charge in [0.25, 0.3) is 0 Å². The average Bonchev–Trinajstić information content (AvgIpc) is 2.65. The highest BCUT2D eigenvalue weighted by Crippen LogP contribution is 2.40. The van der Waals surface area contributed by atoms with Crippen LogP contribution >= 0.6 is 0 Å². The summed E-state index contributed by atoms with van der Waals surface area (Å²) in [5.41, 5.74) is 0.586. The van der Waals surface area contributed by atoms with E-state index < -0.39 is 17.2 Å². The number of rotatable bonds is 5. The number of carbonyl (C=O) groups is 2. The van der Waals surface area contributed by atoms with Gasteiger partial charge in [0.15, 0.2) is 0 Å². The van der Waals surface area contributed by atoms with Crippen LogP contribution < -0.4 is 5.32 Å². The molecule has 1 fully saturated rings. The van der Waals surface area contributed by atoms with Crippen molar-refractivity contribution in [2.75, 3.05) is 5.32 Å². The van der Waals surface area contributed by atoms with Gasteiger partial charge in [-0.15, -0.1) is 5.06 Å². The molecule has 0 bridgehead atoms. The van der Waals surface area contributed by atoms with Gasteiger partial charge in [0, 0.05) is 18.5 Å². The largest absolute Gasteiger partial charge is 0.462 e. The Labute approximate surface area is 178 Å². The third-order valence-corrected chi connectivity index (χ3v) is 5.24. The number of hydroxylamine groups is 2. The van der Waals surface area contributed by atoms with E-state index in [2.05, 4.69) is 5.32 Å². The number of para-hydroxylation sites is 1. The number of anilines is 1. The number of esters is 1. The second-order valence-corrected chi connectivity index (χ2v) is 8.97. The normalized spacial score (nSPS) is 18.4. The Balaban J connectivity index is 1.62. The quantitative estimate of drug-likeness (QED) is 0.706. The predicted octanol–water partition coefficient (Wildman–Crippen LogP) is 4.96. The summed E-state index contributed by atoms with van der Waals surface area (Å²) in [6, 6.07) is 18.7. The molecule has 0 atom stereocenters. The molecular formula is C24H30N2O4. The van der Waals surface area contributed by atoms with Gasteiger partial charge >= 0.3 is 12.1 Å². The summed E-state index contributed by atoms with van der Waals surface area (Å²) in [6.07, 6.45) is 0.591. The van der Waals surface area contributed by atoms with E-state index in [-0.39, 0.29) is 18.5 Å². The Morgan fingerprint density at radius 3 is 2.03 bits per heavy atom. The number of amides is 1. The lowest BCUT2D eigenvalue weighted by Gasteiger charge is -2.52. The van der Waals surface area contributed by atoms with E-state index in [0.29, 0.717) is 18.5 Å². The van der Waals surface area contributed by atoms with Crippen LogP contribution in [-0.2, 0) is 20.8 Å². The van der Waals surface area contributed by atoms with Crippen molar-refractivity contribution in [1.82, 2.24) is 5.06 Å². The standard InChI is InChI=1S/C24H30N2O4/c1-23(2)16-20(29-21(27)15-18-11-7-5-8-12-18)17-24(3,4)26(23)30-22(28)25-19-13-9-6-10-14-19/h5-14,20H,15-17H2,1-4H3,(H,25,28). The maximum atomic E-state index is 12.5. The van der Waals surface area contributed by atoms with E-state index in [9.17, 15) is 9.59 Å². The number of piperidine rings is 1. The van der Waals surface area contributed by atoms with Gasteiger partial charge in [-0.25, -0.2) is 4.79 Å². The molecular weight excluding hydrogens is 380 g/mol. The van der Waals surface area contributed by atoms with Gasteiger partial charge in [-0.05, 0) is 45.4 Å². The molecule has 2 aromatic rings. The second-order valence-electron chi connectivity index (χ2n) is 8.97. The summed E-state index contributed by atoms with van der Waals surface area (Å²) in [7, 11) is 0. The molecule has 6 nitrogen and oxygen atoms in total. The van der Waals surface area contributed by atoms with Gasteiger partial charge in [0.05, 0.1) is 17.5 Å². The van der Waals surface area contributed by atoms with Crippen molar-refractivity contribution >= 4 is 17.7 Å². The van der Waals surface area contributed by atoms with Crippen LogP contribution in [0.3, 0.4) is 0 Å². The fourth-order valence-corrected chi connectivity index (χ4v) is 4.24. The zero-order valence-electron chi connectivity index (χ0n) is 18.1. The first kappa shape index (κ1) is 21.8. The maximum Gasteiger partial charge on any atom is 0.430 e. The van der Waals surface area contributed by atoms with Crippen LogP contribution in [0.25, 0.3) is 0 Å².